The van der Waals surface area contributed by atoms with Crippen LogP contribution >= 0.6 is 15.9 Å². The predicted octanol–water partition coefficient (Wildman–Crippen LogP) is 4.83. The molecule has 0 aromatic rings. The largest absolute Gasteiger partial charge is 0.414 e. The van der Waals surface area contributed by atoms with Gasteiger partial charge in [-0.15, -0.1) is 0 Å². The predicted molar refractivity (Wildman–Crippen MR) is 131 cm³/mol. The molecule has 7 nitrogen and oxygen atoms in total. The van der Waals surface area contributed by atoms with Crippen LogP contribution in [0.5, 0.6) is 0 Å². The van der Waals surface area contributed by atoms with E-state index in [1.807, 2.05) is 0 Å². The van der Waals surface area contributed by atoms with Crippen molar-refractivity contribution >= 4 is 44.5 Å². The zero-order chi connectivity index (χ0) is 24.0. The first kappa shape index (κ1) is 27.0. The molecule has 4 atom stereocenters. The lowest BCUT2D eigenvalue weighted by Crippen LogP contribution is -2.58. The topological polar surface area (TPSA) is 77.1 Å². The van der Waals surface area contributed by atoms with Gasteiger partial charge in [0.2, 0.25) is 5.91 Å². The molecule has 31 heavy (non-hydrogen) atoms. The van der Waals surface area contributed by atoms with Gasteiger partial charge in [-0.2, -0.15) is 0 Å². The van der Waals surface area contributed by atoms with Gasteiger partial charge in [0.15, 0.2) is 16.6 Å². The quantitative estimate of drug-likeness (QED) is 0.388. The van der Waals surface area contributed by atoms with E-state index in [-0.39, 0.29) is 34.7 Å². The molecule has 1 N–H and O–H groups in total. The van der Waals surface area contributed by atoms with Crippen LogP contribution in [0.4, 0.5) is 4.79 Å². The first-order valence-electron chi connectivity index (χ1n) is 11.1. The number of hydrogen-bond acceptors (Lipinski definition) is 5. The van der Waals surface area contributed by atoms with E-state index in [2.05, 4.69) is 89.0 Å². The van der Waals surface area contributed by atoms with Crippen molar-refractivity contribution in [3.63, 3.8) is 0 Å². The van der Waals surface area contributed by atoms with Crippen LogP contribution in [0.3, 0.4) is 0 Å². The van der Waals surface area contributed by atoms with E-state index in [9.17, 15) is 9.59 Å². The van der Waals surface area contributed by atoms with Gasteiger partial charge < -0.3 is 13.6 Å². The number of hydrogen-bond donors (Lipinski definition) is 1. The molecular weight excluding hydrogens is 496 g/mol. The molecule has 10 heteroatoms. The number of ether oxygens (including phenoxy) is 1. The highest BCUT2D eigenvalue weighted by Gasteiger charge is 2.49. The first-order valence-corrected chi connectivity index (χ1v) is 17.8. The summed E-state index contributed by atoms with van der Waals surface area (Å²) in [5, 5.41) is 2.55. The van der Waals surface area contributed by atoms with Gasteiger partial charge in [0.05, 0.1) is 12.7 Å². The summed E-state index contributed by atoms with van der Waals surface area (Å²) in [6, 6.07) is -0.414. The van der Waals surface area contributed by atoms with E-state index in [0.717, 1.165) is 0 Å². The van der Waals surface area contributed by atoms with Crippen molar-refractivity contribution in [1.29, 1.82) is 0 Å². The number of carbonyl (C=O) groups is 2. The highest BCUT2D eigenvalue weighted by Crippen LogP contribution is 2.41. The number of alkyl halides is 1. The third kappa shape index (κ3) is 6.20. The van der Waals surface area contributed by atoms with Crippen molar-refractivity contribution in [2.24, 2.45) is 0 Å². The Labute approximate surface area is 198 Å². The number of urea groups is 1. The van der Waals surface area contributed by atoms with Crippen molar-refractivity contribution in [2.75, 3.05) is 13.2 Å². The van der Waals surface area contributed by atoms with E-state index in [1.165, 1.54) is 0 Å². The lowest BCUT2D eigenvalue weighted by atomic mass is 10.2. The second-order valence-corrected chi connectivity index (χ2v) is 22.4. The Morgan fingerprint density at radius 3 is 2.13 bits per heavy atom. The molecule has 0 radical (unpaired) electrons. The molecule has 0 spiro atoms. The summed E-state index contributed by atoms with van der Waals surface area (Å²) >= 11 is 3.35. The zero-order valence-corrected chi connectivity index (χ0v) is 24.4. The van der Waals surface area contributed by atoms with Crippen LogP contribution < -0.4 is 5.32 Å². The zero-order valence-electron chi connectivity index (χ0n) is 20.8. The molecule has 2 heterocycles. The monoisotopic (exact) mass is 536 g/mol. The lowest BCUT2D eigenvalue weighted by Gasteiger charge is -2.40. The van der Waals surface area contributed by atoms with E-state index in [1.54, 1.807) is 4.90 Å². The summed E-state index contributed by atoms with van der Waals surface area (Å²) in [5.41, 5.74) is 0. The fourth-order valence-electron chi connectivity index (χ4n) is 3.07. The minimum atomic E-state index is -2.05. The molecule has 2 saturated heterocycles. The second kappa shape index (κ2) is 9.17. The molecule has 0 saturated carbocycles. The number of nitrogens with zero attached hydrogens (tertiary/aromatic N) is 1. The number of imide groups is 1. The molecule has 0 bridgehead atoms. The minimum absolute atomic E-state index is 0.0613. The molecular formula is C21H41BrN2O5Si2. The minimum Gasteiger partial charge on any atom is -0.414 e. The summed E-state index contributed by atoms with van der Waals surface area (Å²) < 4.78 is 19.6. The third-order valence-corrected chi connectivity index (χ3v) is 17.0. The number of rotatable bonds is 6. The Hall–Kier alpha value is -0.266. The van der Waals surface area contributed by atoms with Crippen LogP contribution in [0.1, 0.15) is 48.0 Å². The average Bonchev–Trinajstić information content (AvgIpc) is 2.96. The average molecular weight is 538 g/mol. The highest BCUT2D eigenvalue weighted by atomic mass is 79.9. The maximum absolute atomic E-state index is 12.5. The van der Waals surface area contributed by atoms with Crippen LogP contribution in [-0.2, 0) is 18.4 Å². The maximum Gasteiger partial charge on any atom is 0.326 e. The molecule has 0 aromatic carbocycles. The van der Waals surface area contributed by atoms with Gasteiger partial charge in [0.1, 0.15) is 17.2 Å². The van der Waals surface area contributed by atoms with Crippen molar-refractivity contribution in [2.45, 2.75) is 107 Å². The molecule has 4 unspecified atom stereocenters. The van der Waals surface area contributed by atoms with Crippen LogP contribution in [-0.4, -0.2) is 69.9 Å². The van der Waals surface area contributed by atoms with Crippen LogP contribution in [0.25, 0.3) is 0 Å². The van der Waals surface area contributed by atoms with Crippen molar-refractivity contribution in [3.05, 3.63) is 0 Å². The van der Waals surface area contributed by atoms with Gasteiger partial charge in [-0.05, 0) is 36.3 Å². The van der Waals surface area contributed by atoms with Gasteiger partial charge in [0.25, 0.3) is 0 Å². The molecule has 2 rings (SSSR count). The van der Waals surface area contributed by atoms with E-state index < -0.39 is 33.7 Å². The Balaban J connectivity index is 2.21. The van der Waals surface area contributed by atoms with E-state index in [0.29, 0.717) is 13.0 Å². The van der Waals surface area contributed by atoms with Gasteiger partial charge in [-0.25, -0.2) is 4.79 Å². The number of carbonyl (C=O) groups excluding carboxylic acids is 2. The fraction of sp³-hybridized carbons (Fsp3) is 0.905. The smallest absolute Gasteiger partial charge is 0.326 e. The number of amides is 3. The Bertz CT molecular complexity index is 690. The highest BCUT2D eigenvalue weighted by molar-refractivity contribution is 9.10. The molecule has 180 valence electrons. The maximum atomic E-state index is 12.5. The number of halogens is 1. The summed E-state index contributed by atoms with van der Waals surface area (Å²) in [6.07, 6.45) is -0.294. The van der Waals surface area contributed by atoms with Gasteiger partial charge in [-0.1, -0.05) is 57.5 Å². The van der Waals surface area contributed by atoms with Crippen molar-refractivity contribution in [1.82, 2.24) is 10.2 Å². The van der Waals surface area contributed by atoms with Gasteiger partial charge in [-0.3, -0.25) is 15.0 Å². The van der Waals surface area contributed by atoms with Gasteiger partial charge >= 0.3 is 6.03 Å². The first-order chi connectivity index (χ1) is 13.9. The number of nitrogens with one attached hydrogen (secondary N) is 1. The van der Waals surface area contributed by atoms with Crippen LogP contribution in [0.15, 0.2) is 0 Å². The van der Waals surface area contributed by atoms with E-state index >= 15 is 0 Å². The summed E-state index contributed by atoms with van der Waals surface area (Å²) in [5.74, 6) is -0.314. The molecule has 0 aromatic heterocycles. The summed E-state index contributed by atoms with van der Waals surface area (Å²) in [4.78, 5) is 25.4. The standard InChI is InChI=1S/C21H41BrN2O5Si2/c1-20(2,3)30(7,8)27-13-16-15(29-31(9,10)21(4,5)6)11-17(28-16)24-12-14(22)18(25)23-19(24)26/h14-17H,11-13H2,1-10H3,(H,23,25,26). The molecule has 0 aliphatic carbocycles. The molecule has 2 aliphatic rings. The summed E-state index contributed by atoms with van der Waals surface area (Å²) in [6.45, 7) is 22.9. The lowest BCUT2D eigenvalue weighted by molar-refractivity contribution is -0.123. The normalized spacial score (nSPS) is 28.8. The van der Waals surface area contributed by atoms with Gasteiger partial charge in [0, 0.05) is 13.0 Å². The third-order valence-electron chi connectivity index (χ3n) is 7.33. The molecule has 2 fully saturated rings. The molecule has 2 aliphatic heterocycles. The van der Waals surface area contributed by atoms with Crippen LogP contribution in [0, 0.1) is 0 Å². The van der Waals surface area contributed by atoms with Crippen molar-refractivity contribution < 1.29 is 23.2 Å². The summed E-state index contributed by atoms with van der Waals surface area (Å²) in [7, 11) is -4.01. The fourth-order valence-corrected chi connectivity index (χ4v) is 5.87. The van der Waals surface area contributed by atoms with Crippen molar-refractivity contribution in [3.8, 4) is 0 Å². The SMILES string of the molecule is CC(C)(C)[Si](C)(C)OCC1OC(N2CC(Br)C(=O)NC2=O)CC1O[Si](C)(C)C(C)(C)C. The second-order valence-electron chi connectivity index (χ2n) is 11.8. The van der Waals surface area contributed by atoms with E-state index in [4.69, 9.17) is 13.6 Å². The Morgan fingerprint density at radius 1 is 1.06 bits per heavy atom. The Morgan fingerprint density at radius 2 is 1.61 bits per heavy atom. The van der Waals surface area contributed by atoms with Crippen LogP contribution in [0.2, 0.25) is 36.3 Å². The molecule has 3 amide bonds. The Kier molecular flexibility index (Phi) is 7.98.